The number of benzene rings is 1. The van der Waals surface area contributed by atoms with Crippen molar-refractivity contribution in [2.45, 2.75) is 33.2 Å². The van der Waals surface area contributed by atoms with Gasteiger partial charge in [-0.15, -0.1) is 0 Å². The lowest BCUT2D eigenvalue weighted by Crippen LogP contribution is -2.45. The van der Waals surface area contributed by atoms with E-state index in [1.807, 2.05) is 20.8 Å². The molecule has 1 aromatic carbocycles. The van der Waals surface area contributed by atoms with Gasteiger partial charge in [0.15, 0.2) is 0 Å². The maximum atomic E-state index is 13.6. The van der Waals surface area contributed by atoms with Crippen molar-refractivity contribution < 1.29 is 19.1 Å². The van der Waals surface area contributed by atoms with Crippen molar-refractivity contribution in [1.82, 2.24) is 10.6 Å². The number of rotatable bonds is 6. The van der Waals surface area contributed by atoms with E-state index in [4.69, 9.17) is 11.6 Å². The van der Waals surface area contributed by atoms with Crippen LogP contribution in [0.25, 0.3) is 0 Å². The van der Waals surface area contributed by atoms with Gasteiger partial charge in [-0.25, -0.2) is 4.39 Å². The largest absolute Gasteiger partial charge is 0.394 e. The van der Waals surface area contributed by atoms with Gasteiger partial charge in [-0.05, 0) is 24.0 Å². The van der Waals surface area contributed by atoms with Gasteiger partial charge < -0.3 is 15.7 Å². The predicted molar refractivity (Wildman–Crippen MR) is 86.8 cm³/mol. The Morgan fingerprint density at radius 3 is 2.52 bits per heavy atom. The molecule has 2 amide bonds. The zero-order valence-corrected chi connectivity index (χ0v) is 14.2. The van der Waals surface area contributed by atoms with Gasteiger partial charge in [0.05, 0.1) is 29.8 Å². The summed E-state index contributed by atoms with van der Waals surface area (Å²) >= 11 is 5.78. The number of aliphatic hydroxyl groups excluding tert-OH is 1. The van der Waals surface area contributed by atoms with Crippen LogP contribution in [0.15, 0.2) is 18.2 Å². The van der Waals surface area contributed by atoms with Crippen molar-refractivity contribution >= 4 is 23.4 Å². The SMILES string of the molecule is CC(C)(C)CC(CO)NC(=O)CNC(=O)c1c(F)cccc1Cl. The third kappa shape index (κ3) is 6.54. The summed E-state index contributed by atoms with van der Waals surface area (Å²) in [7, 11) is 0. The van der Waals surface area contributed by atoms with E-state index in [-0.39, 0.29) is 29.2 Å². The van der Waals surface area contributed by atoms with Gasteiger partial charge >= 0.3 is 0 Å². The first-order valence-electron chi connectivity index (χ1n) is 7.26. The van der Waals surface area contributed by atoms with Crippen molar-refractivity contribution in [3.63, 3.8) is 0 Å². The van der Waals surface area contributed by atoms with E-state index >= 15 is 0 Å². The van der Waals surface area contributed by atoms with Gasteiger partial charge in [0.1, 0.15) is 5.82 Å². The summed E-state index contributed by atoms with van der Waals surface area (Å²) in [6.45, 7) is 5.44. The molecule has 5 nitrogen and oxygen atoms in total. The minimum Gasteiger partial charge on any atom is -0.394 e. The molecular formula is C16H22ClFN2O3. The topological polar surface area (TPSA) is 78.4 Å². The highest BCUT2D eigenvalue weighted by atomic mass is 35.5. The quantitative estimate of drug-likeness (QED) is 0.739. The summed E-state index contributed by atoms with van der Waals surface area (Å²) in [6.07, 6.45) is 0.586. The van der Waals surface area contributed by atoms with Crippen molar-refractivity contribution in [2.75, 3.05) is 13.2 Å². The maximum absolute atomic E-state index is 13.6. The fraction of sp³-hybridized carbons (Fsp3) is 0.500. The van der Waals surface area contributed by atoms with E-state index in [2.05, 4.69) is 10.6 Å². The molecule has 23 heavy (non-hydrogen) atoms. The standard InChI is InChI=1S/C16H22ClFN2O3/c1-16(2,3)7-10(9-21)20-13(22)8-19-15(23)14-11(17)5-4-6-12(14)18/h4-6,10,21H,7-9H2,1-3H3,(H,19,23)(H,20,22). The third-order valence-corrected chi connectivity index (χ3v) is 3.36. The molecule has 0 aliphatic carbocycles. The summed E-state index contributed by atoms with van der Waals surface area (Å²) in [4.78, 5) is 23.8. The van der Waals surface area contributed by atoms with Gasteiger partial charge in [-0.1, -0.05) is 38.4 Å². The van der Waals surface area contributed by atoms with Gasteiger partial charge in [0, 0.05) is 0 Å². The van der Waals surface area contributed by atoms with Crippen molar-refractivity contribution in [3.05, 3.63) is 34.6 Å². The van der Waals surface area contributed by atoms with Crippen LogP contribution < -0.4 is 10.6 Å². The molecule has 0 aliphatic rings. The Kier molecular flexibility index (Phi) is 6.97. The lowest BCUT2D eigenvalue weighted by Gasteiger charge is -2.25. The van der Waals surface area contributed by atoms with E-state index in [1.165, 1.54) is 12.1 Å². The Morgan fingerprint density at radius 1 is 1.35 bits per heavy atom. The monoisotopic (exact) mass is 344 g/mol. The van der Waals surface area contributed by atoms with Crippen LogP contribution in [-0.4, -0.2) is 36.1 Å². The van der Waals surface area contributed by atoms with E-state index in [0.717, 1.165) is 6.07 Å². The number of hydrogen-bond acceptors (Lipinski definition) is 3. The third-order valence-electron chi connectivity index (χ3n) is 3.04. The first kappa shape index (κ1) is 19.4. The molecule has 0 fully saturated rings. The van der Waals surface area contributed by atoms with Gasteiger partial charge in [0.2, 0.25) is 5.91 Å². The molecule has 0 heterocycles. The molecule has 128 valence electrons. The van der Waals surface area contributed by atoms with Crippen molar-refractivity contribution in [1.29, 1.82) is 0 Å². The molecule has 0 saturated carbocycles. The zero-order chi connectivity index (χ0) is 17.6. The number of nitrogens with one attached hydrogen (secondary N) is 2. The molecule has 0 bridgehead atoms. The molecule has 0 spiro atoms. The van der Waals surface area contributed by atoms with Gasteiger partial charge in [0.25, 0.3) is 5.91 Å². The Balaban J connectivity index is 2.57. The summed E-state index contributed by atoms with van der Waals surface area (Å²) in [5.74, 6) is -1.98. The summed E-state index contributed by atoms with van der Waals surface area (Å²) in [5.41, 5.74) is -0.361. The number of amides is 2. The lowest BCUT2D eigenvalue weighted by atomic mass is 9.88. The molecule has 1 aromatic rings. The summed E-state index contributed by atoms with van der Waals surface area (Å²) < 4.78 is 13.6. The van der Waals surface area contributed by atoms with Crippen LogP contribution in [-0.2, 0) is 4.79 Å². The lowest BCUT2D eigenvalue weighted by molar-refractivity contribution is -0.121. The van der Waals surface area contributed by atoms with Crippen LogP contribution >= 0.6 is 11.6 Å². The summed E-state index contributed by atoms with van der Waals surface area (Å²) in [6, 6.07) is 3.49. The molecule has 0 radical (unpaired) electrons. The molecule has 1 unspecified atom stereocenters. The van der Waals surface area contributed by atoms with Crippen LogP contribution in [0.4, 0.5) is 4.39 Å². The second-order valence-electron chi connectivity index (χ2n) is 6.49. The number of carbonyl (C=O) groups excluding carboxylic acids is 2. The van der Waals surface area contributed by atoms with E-state index < -0.39 is 23.7 Å². The molecule has 3 N–H and O–H groups in total. The van der Waals surface area contributed by atoms with Crippen LogP contribution in [0.2, 0.25) is 5.02 Å². The van der Waals surface area contributed by atoms with E-state index in [0.29, 0.717) is 6.42 Å². The smallest absolute Gasteiger partial charge is 0.256 e. The van der Waals surface area contributed by atoms with Crippen molar-refractivity contribution in [3.8, 4) is 0 Å². The van der Waals surface area contributed by atoms with E-state index in [9.17, 15) is 19.1 Å². The van der Waals surface area contributed by atoms with Crippen LogP contribution in [0.3, 0.4) is 0 Å². The fourth-order valence-electron chi connectivity index (χ4n) is 2.14. The molecule has 7 heteroatoms. The minimum atomic E-state index is -0.764. The predicted octanol–water partition coefficient (Wildman–Crippen LogP) is 2.12. The Labute approximate surface area is 140 Å². The average molecular weight is 345 g/mol. The molecule has 0 saturated heterocycles. The highest BCUT2D eigenvalue weighted by Gasteiger charge is 2.21. The Bertz CT molecular complexity index is 553. The highest BCUT2D eigenvalue weighted by molar-refractivity contribution is 6.33. The summed E-state index contributed by atoms with van der Waals surface area (Å²) in [5, 5.41) is 14.2. The van der Waals surface area contributed by atoms with Gasteiger partial charge in [-0.3, -0.25) is 9.59 Å². The Morgan fingerprint density at radius 2 is 2.00 bits per heavy atom. The van der Waals surface area contributed by atoms with Crippen LogP contribution in [0.1, 0.15) is 37.6 Å². The fourth-order valence-corrected chi connectivity index (χ4v) is 2.39. The normalized spacial score (nSPS) is 12.6. The Hall–Kier alpha value is -1.66. The molecule has 1 atom stereocenters. The zero-order valence-electron chi connectivity index (χ0n) is 13.5. The van der Waals surface area contributed by atoms with Gasteiger partial charge in [-0.2, -0.15) is 0 Å². The molecule has 1 rings (SSSR count). The number of hydrogen-bond donors (Lipinski definition) is 3. The van der Waals surface area contributed by atoms with Crippen LogP contribution in [0.5, 0.6) is 0 Å². The number of halogens is 2. The number of carbonyl (C=O) groups is 2. The first-order valence-corrected chi connectivity index (χ1v) is 7.64. The second kappa shape index (κ2) is 8.26. The molecule has 0 aliphatic heterocycles. The van der Waals surface area contributed by atoms with Crippen molar-refractivity contribution in [2.24, 2.45) is 5.41 Å². The minimum absolute atomic E-state index is 0.0242. The molecular weight excluding hydrogens is 323 g/mol. The number of aliphatic hydroxyl groups is 1. The second-order valence-corrected chi connectivity index (χ2v) is 6.90. The average Bonchev–Trinajstić information content (AvgIpc) is 2.42. The maximum Gasteiger partial charge on any atom is 0.256 e. The van der Waals surface area contributed by atoms with Crippen LogP contribution in [0, 0.1) is 11.2 Å². The highest BCUT2D eigenvalue weighted by Crippen LogP contribution is 2.20. The molecule has 0 aromatic heterocycles. The first-order chi connectivity index (χ1) is 10.6. The van der Waals surface area contributed by atoms with E-state index in [1.54, 1.807) is 0 Å².